The summed E-state index contributed by atoms with van der Waals surface area (Å²) in [5.74, 6) is 0. The van der Waals surface area contributed by atoms with Crippen LogP contribution in [0.2, 0.25) is 5.02 Å². The van der Waals surface area contributed by atoms with Crippen LogP contribution < -0.4 is 10.9 Å². The third kappa shape index (κ3) is 3.73. The van der Waals surface area contributed by atoms with Crippen molar-refractivity contribution in [3.63, 3.8) is 0 Å². The Labute approximate surface area is 124 Å². The maximum atomic E-state index is 12.1. The summed E-state index contributed by atoms with van der Waals surface area (Å²) in [6.07, 6.45) is 5.66. The fraction of sp³-hybridized carbons (Fsp3) is 0.714. The molecule has 0 aromatic carbocycles. The Kier molecular flexibility index (Phi) is 5.43. The minimum absolute atomic E-state index is 0.217. The van der Waals surface area contributed by atoms with E-state index in [1.807, 2.05) is 0 Å². The Morgan fingerprint density at radius 2 is 2.40 bits per heavy atom. The van der Waals surface area contributed by atoms with Crippen molar-refractivity contribution in [3.05, 3.63) is 21.6 Å². The van der Waals surface area contributed by atoms with E-state index in [1.54, 1.807) is 6.20 Å². The van der Waals surface area contributed by atoms with Gasteiger partial charge in [0.2, 0.25) is 0 Å². The monoisotopic (exact) mass is 299 g/mol. The third-order valence-electron chi connectivity index (χ3n) is 3.55. The van der Waals surface area contributed by atoms with Gasteiger partial charge in [0.1, 0.15) is 5.02 Å². The van der Waals surface area contributed by atoms with Gasteiger partial charge < -0.3 is 10.1 Å². The van der Waals surface area contributed by atoms with Crippen molar-refractivity contribution in [2.75, 3.05) is 11.9 Å². The van der Waals surface area contributed by atoms with Gasteiger partial charge in [-0.2, -0.15) is 5.10 Å². The lowest BCUT2D eigenvalue weighted by Gasteiger charge is -2.28. The van der Waals surface area contributed by atoms with Gasteiger partial charge in [-0.05, 0) is 26.2 Å². The second-order valence-corrected chi connectivity index (χ2v) is 5.68. The number of halogens is 1. The molecule has 112 valence electrons. The Morgan fingerprint density at radius 3 is 3.10 bits per heavy atom. The normalized spacial score (nSPS) is 22.8. The zero-order valence-electron chi connectivity index (χ0n) is 12.1. The molecule has 0 saturated carbocycles. The summed E-state index contributed by atoms with van der Waals surface area (Å²) in [4.78, 5) is 12.1. The number of unbranched alkanes of at least 4 members (excludes halogenated alkanes) is 1. The van der Waals surface area contributed by atoms with Crippen LogP contribution in [0.1, 0.15) is 39.5 Å². The third-order valence-corrected chi connectivity index (χ3v) is 3.92. The van der Waals surface area contributed by atoms with Crippen LogP contribution in [0, 0.1) is 0 Å². The van der Waals surface area contributed by atoms with E-state index >= 15 is 0 Å². The van der Waals surface area contributed by atoms with Crippen LogP contribution in [0.5, 0.6) is 0 Å². The summed E-state index contributed by atoms with van der Waals surface area (Å²) in [5, 5.41) is 7.73. The predicted octanol–water partition coefficient (Wildman–Crippen LogP) is 2.68. The first-order valence-electron chi connectivity index (χ1n) is 7.25. The molecule has 1 aliphatic heterocycles. The summed E-state index contributed by atoms with van der Waals surface area (Å²) in [6, 6.07) is 0.281. The Balaban J connectivity index is 2.09. The zero-order chi connectivity index (χ0) is 14.5. The van der Waals surface area contributed by atoms with Gasteiger partial charge in [0.25, 0.3) is 5.56 Å². The molecule has 1 N–H and O–H groups in total. The van der Waals surface area contributed by atoms with Gasteiger partial charge >= 0.3 is 0 Å². The molecule has 2 atom stereocenters. The van der Waals surface area contributed by atoms with Gasteiger partial charge in [-0.15, -0.1) is 0 Å². The molecule has 5 nitrogen and oxygen atoms in total. The first-order chi connectivity index (χ1) is 9.61. The fourth-order valence-electron chi connectivity index (χ4n) is 2.38. The molecule has 1 saturated heterocycles. The van der Waals surface area contributed by atoms with Crippen molar-refractivity contribution in [1.82, 2.24) is 9.78 Å². The van der Waals surface area contributed by atoms with E-state index in [2.05, 4.69) is 24.3 Å². The molecule has 0 bridgehead atoms. The number of nitrogens with one attached hydrogen (secondary N) is 1. The lowest BCUT2D eigenvalue weighted by Crippen LogP contribution is -2.33. The Hall–Kier alpha value is -1.07. The van der Waals surface area contributed by atoms with Crippen LogP contribution in [-0.2, 0) is 11.3 Å². The zero-order valence-corrected chi connectivity index (χ0v) is 12.8. The average Bonchev–Trinajstić information content (AvgIpc) is 2.43. The van der Waals surface area contributed by atoms with Crippen LogP contribution in [0.4, 0.5) is 5.69 Å². The van der Waals surface area contributed by atoms with Gasteiger partial charge in [0.15, 0.2) is 0 Å². The Bertz CT molecular complexity index is 504. The molecule has 1 aliphatic rings. The van der Waals surface area contributed by atoms with Gasteiger partial charge in [0.05, 0.1) is 18.0 Å². The maximum Gasteiger partial charge on any atom is 0.287 e. The molecule has 0 spiro atoms. The summed E-state index contributed by atoms with van der Waals surface area (Å²) < 4.78 is 6.94. The van der Waals surface area contributed by atoms with Crippen molar-refractivity contribution in [2.24, 2.45) is 0 Å². The van der Waals surface area contributed by atoms with Gasteiger partial charge in [0, 0.05) is 19.2 Å². The molecule has 2 unspecified atom stereocenters. The fourth-order valence-corrected chi connectivity index (χ4v) is 2.58. The second-order valence-electron chi connectivity index (χ2n) is 5.30. The van der Waals surface area contributed by atoms with E-state index in [9.17, 15) is 4.79 Å². The molecule has 0 amide bonds. The van der Waals surface area contributed by atoms with E-state index in [0.29, 0.717) is 12.2 Å². The molecule has 2 rings (SSSR count). The highest BCUT2D eigenvalue weighted by atomic mass is 35.5. The number of nitrogens with zero attached hydrogens (tertiary/aromatic N) is 2. The van der Waals surface area contributed by atoms with Crippen molar-refractivity contribution in [1.29, 1.82) is 0 Å². The molecule has 0 aliphatic carbocycles. The van der Waals surface area contributed by atoms with Crippen molar-refractivity contribution < 1.29 is 4.74 Å². The number of anilines is 1. The number of ether oxygens (including phenoxy) is 1. The second kappa shape index (κ2) is 7.09. The highest BCUT2D eigenvalue weighted by molar-refractivity contribution is 6.32. The molecule has 1 aromatic heterocycles. The molecule has 6 heteroatoms. The topological polar surface area (TPSA) is 56.1 Å². The van der Waals surface area contributed by atoms with Crippen LogP contribution >= 0.6 is 11.6 Å². The smallest absolute Gasteiger partial charge is 0.287 e. The van der Waals surface area contributed by atoms with Gasteiger partial charge in [-0.3, -0.25) is 4.79 Å². The molecule has 0 radical (unpaired) electrons. The summed E-state index contributed by atoms with van der Waals surface area (Å²) >= 11 is 6.17. The lowest BCUT2D eigenvalue weighted by atomic mass is 10.0. The molecule has 2 heterocycles. The van der Waals surface area contributed by atoms with E-state index < -0.39 is 0 Å². The molecule has 1 fully saturated rings. The average molecular weight is 300 g/mol. The number of aryl methyl sites for hydroxylation is 1. The predicted molar refractivity (Wildman–Crippen MR) is 80.5 cm³/mol. The van der Waals surface area contributed by atoms with Crippen molar-refractivity contribution >= 4 is 17.3 Å². The molecular formula is C14H22ClN3O2. The minimum atomic E-state index is -0.217. The van der Waals surface area contributed by atoms with E-state index in [4.69, 9.17) is 16.3 Å². The quantitative estimate of drug-likeness (QED) is 0.908. The van der Waals surface area contributed by atoms with E-state index in [-0.39, 0.29) is 22.7 Å². The number of hydrogen-bond acceptors (Lipinski definition) is 4. The number of hydrogen-bond donors (Lipinski definition) is 1. The van der Waals surface area contributed by atoms with Gasteiger partial charge in [-0.1, -0.05) is 24.9 Å². The SMILES string of the molecule is CCCCn1ncc(NC2CCOC(C)C2)c(Cl)c1=O. The molecule has 20 heavy (non-hydrogen) atoms. The Morgan fingerprint density at radius 1 is 1.60 bits per heavy atom. The standard InChI is InChI=1S/C14H22ClN3O2/c1-3-4-6-18-14(19)13(15)12(9-16-18)17-11-5-7-20-10(2)8-11/h9-11,17H,3-8H2,1-2H3. The molecular weight excluding hydrogens is 278 g/mol. The largest absolute Gasteiger partial charge is 0.379 e. The van der Waals surface area contributed by atoms with E-state index in [0.717, 1.165) is 32.3 Å². The maximum absolute atomic E-state index is 12.1. The lowest BCUT2D eigenvalue weighted by molar-refractivity contribution is 0.0232. The molecule has 1 aromatic rings. The minimum Gasteiger partial charge on any atom is -0.379 e. The van der Waals surface area contributed by atoms with Gasteiger partial charge in [-0.25, -0.2) is 4.68 Å². The summed E-state index contributed by atoms with van der Waals surface area (Å²) in [7, 11) is 0. The highest BCUT2D eigenvalue weighted by Gasteiger charge is 2.20. The number of rotatable bonds is 5. The summed E-state index contributed by atoms with van der Waals surface area (Å²) in [6.45, 7) is 5.48. The van der Waals surface area contributed by atoms with Crippen molar-refractivity contribution in [3.8, 4) is 0 Å². The first-order valence-corrected chi connectivity index (χ1v) is 7.63. The highest BCUT2D eigenvalue weighted by Crippen LogP contribution is 2.21. The van der Waals surface area contributed by atoms with E-state index in [1.165, 1.54) is 4.68 Å². The first kappa shape index (κ1) is 15.3. The van der Waals surface area contributed by atoms with Crippen LogP contribution in [0.15, 0.2) is 11.0 Å². The number of aromatic nitrogens is 2. The summed E-state index contributed by atoms with van der Waals surface area (Å²) in [5.41, 5.74) is 0.411. The van der Waals surface area contributed by atoms with Crippen molar-refractivity contribution in [2.45, 2.75) is 58.2 Å². The van der Waals surface area contributed by atoms with Crippen LogP contribution in [0.25, 0.3) is 0 Å². The van der Waals surface area contributed by atoms with Crippen LogP contribution in [0.3, 0.4) is 0 Å². The van der Waals surface area contributed by atoms with Crippen LogP contribution in [-0.4, -0.2) is 28.5 Å².